The van der Waals surface area contributed by atoms with Crippen molar-refractivity contribution in [3.63, 3.8) is 0 Å². The predicted octanol–water partition coefficient (Wildman–Crippen LogP) is 1.57. The maximum absolute atomic E-state index is 11.8. The number of nitrogens with one attached hydrogen (secondary N) is 2. The molecule has 1 aromatic carbocycles. The highest BCUT2D eigenvalue weighted by molar-refractivity contribution is 6.06. The van der Waals surface area contributed by atoms with Gasteiger partial charge in [-0.15, -0.1) is 0 Å². The molecule has 0 spiro atoms. The van der Waals surface area contributed by atoms with Crippen molar-refractivity contribution < 1.29 is 9.72 Å². The van der Waals surface area contributed by atoms with E-state index in [-0.39, 0.29) is 11.3 Å². The molecule has 1 aromatic heterocycles. The number of hydrogen-bond acceptors (Lipinski definition) is 4. The molecule has 2 aromatic rings. The van der Waals surface area contributed by atoms with Crippen LogP contribution in [0, 0.1) is 10.1 Å². The maximum Gasteiger partial charge on any atom is 0.282 e. The smallest absolute Gasteiger partial charge is 0.282 e. The zero-order valence-corrected chi connectivity index (χ0v) is 8.58. The van der Waals surface area contributed by atoms with Crippen molar-refractivity contribution in [2.24, 2.45) is 0 Å². The standard InChI is InChI=1S/C10H8N4O3/c15-10(13-7-5-11-12-6-7)8-3-1-2-4-9(8)14(16)17/h1-6H,(H,11,12)(H,13,15). The molecule has 7 heteroatoms. The van der Waals surface area contributed by atoms with Gasteiger partial charge in [0.2, 0.25) is 0 Å². The van der Waals surface area contributed by atoms with Crippen LogP contribution in [0.3, 0.4) is 0 Å². The number of carbonyl (C=O) groups excluding carboxylic acids is 1. The second-order valence-electron chi connectivity index (χ2n) is 3.22. The first kappa shape index (κ1) is 10.8. The molecular formula is C10H8N4O3. The first-order chi connectivity index (χ1) is 8.18. The lowest BCUT2D eigenvalue weighted by atomic mass is 10.1. The van der Waals surface area contributed by atoms with Crippen LogP contribution in [-0.2, 0) is 0 Å². The highest BCUT2D eigenvalue weighted by Crippen LogP contribution is 2.18. The van der Waals surface area contributed by atoms with Gasteiger partial charge < -0.3 is 5.32 Å². The molecular weight excluding hydrogens is 224 g/mol. The van der Waals surface area contributed by atoms with Gasteiger partial charge in [0, 0.05) is 12.3 Å². The zero-order valence-electron chi connectivity index (χ0n) is 8.58. The molecule has 0 aliphatic carbocycles. The van der Waals surface area contributed by atoms with Gasteiger partial charge in [-0.05, 0) is 6.07 Å². The van der Waals surface area contributed by atoms with Gasteiger partial charge in [0.1, 0.15) is 5.56 Å². The monoisotopic (exact) mass is 232 g/mol. The topological polar surface area (TPSA) is 101 Å². The highest BCUT2D eigenvalue weighted by atomic mass is 16.6. The molecule has 7 nitrogen and oxygen atoms in total. The molecule has 0 bridgehead atoms. The summed E-state index contributed by atoms with van der Waals surface area (Å²) in [5.41, 5.74) is 0.236. The van der Waals surface area contributed by atoms with Crippen molar-refractivity contribution in [3.8, 4) is 0 Å². The second kappa shape index (κ2) is 4.44. The second-order valence-corrected chi connectivity index (χ2v) is 3.22. The number of carbonyl (C=O) groups is 1. The van der Waals surface area contributed by atoms with Crippen LogP contribution in [0.5, 0.6) is 0 Å². The van der Waals surface area contributed by atoms with Crippen LogP contribution < -0.4 is 5.32 Å². The van der Waals surface area contributed by atoms with Crippen LogP contribution in [-0.4, -0.2) is 21.0 Å². The van der Waals surface area contributed by atoms with Gasteiger partial charge in [0.25, 0.3) is 11.6 Å². The van der Waals surface area contributed by atoms with E-state index in [1.807, 2.05) is 0 Å². The Kier molecular flexibility index (Phi) is 2.82. The molecule has 1 amide bonds. The summed E-state index contributed by atoms with van der Waals surface area (Å²) in [6, 6.07) is 5.75. The van der Waals surface area contributed by atoms with E-state index in [1.54, 1.807) is 6.07 Å². The lowest BCUT2D eigenvalue weighted by Crippen LogP contribution is -2.13. The molecule has 0 aliphatic heterocycles. The first-order valence-corrected chi connectivity index (χ1v) is 4.72. The minimum atomic E-state index is -0.593. The van der Waals surface area contributed by atoms with Crippen LogP contribution in [0.25, 0.3) is 0 Å². The van der Waals surface area contributed by atoms with Gasteiger partial charge in [-0.1, -0.05) is 12.1 Å². The number of rotatable bonds is 3. The summed E-state index contributed by atoms with van der Waals surface area (Å²) in [5.74, 6) is -0.543. The fraction of sp³-hybridized carbons (Fsp3) is 0. The average molecular weight is 232 g/mol. The SMILES string of the molecule is O=C(Nc1cn[nH]c1)c1ccccc1[N+](=O)[O-]. The third kappa shape index (κ3) is 2.28. The lowest BCUT2D eigenvalue weighted by molar-refractivity contribution is -0.385. The van der Waals surface area contributed by atoms with Crippen molar-refractivity contribution in [1.29, 1.82) is 0 Å². The number of nitro groups is 1. The third-order valence-electron chi connectivity index (χ3n) is 2.10. The van der Waals surface area contributed by atoms with Crippen LogP contribution in [0.15, 0.2) is 36.7 Å². The molecule has 0 fully saturated rings. The summed E-state index contributed by atoms with van der Waals surface area (Å²) < 4.78 is 0. The quantitative estimate of drug-likeness (QED) is 0.619. The average Bonchev–Trinajstić information content (AvgIpc) is 2.81. The normalized spacial score (nSPS) is 9.88. The van der Waals surface area contributed by atoms with E-state index in [9.17, 15) is 14.9 Å². The number of benzene rings is 1. The predicted molar refractivity (Wildman–Crippen MR) is 59.6 cm³/mol. The van der Waals surface area contributed by atoms with E-state index >= 15 is 0 Å². The van der Waals surface area contributed by atoms with E-state index in [2.05, 4.69) is 15.5 Å². The van der Waals surface area contributed by atoms with Gasteiger partial charge >= 0.3 is 0 Å². The van der Waals surface area contributed by atoms with E-state index in [1.165, 1.54) is 30.6 Å². The summed E-state index contributed by atoms with van der Waals surface area (Å²) in [5, 5.41) is 19.4. The van der Waals surface area contributed by atoms with Gasteiger partial charge in [-0.3, -0.25) is 20.0 Å². The van der Waals surface area contributed by atoms with Crippen molar-refractivity contribution in [1.82, 2.24) is 10.2 Å². The Hall–Kier alpha value is -2.70. The Morgan fingerprint density at radius 2 is 2.18 bits per heavy atom. The zero-order chi connectivity index (χ0) is 12.3. The number of para-hydroxylation sites is 1. The van der Waals surface area contributed by atoms with Gasteiger partial charge in [-0.2, -0.15) is 5.10 Å². The molecule has 0 radical (unpaired) electrons. The molecule has 86 valence electrons. The summed E-state index contributed by atoms with van der Waals surface area (Å²) >= 11 is 0. The Morgan fingerprint density at radius 1 is 1.41 bits per heavy atom. The molecule has 0 aliphatic rings. The lowest BCUT2D eigenvalue weighted by Gasteiger charge is -2.02. The van der Waals surface area contributed by atoms with E-state index in [0.717, 1.165) is 0 Å². The molecule has 2 N–H and O–H groups in total. The number of hydrogen-bond donors (Lipinski definition) is 2. The molecule has 0 saturated carbocycles. The molecule has 2 rings (SSSR count). The van der Waals surface area contributed by atoms with Crippen molar-refractivity contribution in [2.75, 3.05) is 5.32 Å². The minimum Gasteiger partial charge on any atom is -0.319 e. The number of nitrogens with zero attached hydrogens (tertiary/aromatic N) is 2. The highest BCUT2D eigenvalue weighted by Gasteiger charge is 2.19. The van der Waals surface area contributed by atoms with Crippen molar-refractivity contribution in [3.05, 3.63) is 52.3 Å². The summed E-state index contributed by atoms with van der Waals surface area (Å²) in [7, 11) is 0. The van der Waals surface area contributed by atoms with Gasteiger partial charge in [0.05, 0.1) is 16.8 Å². The molecule has 1 heterocycles. The number of H-pyrrole nitrogens is 1. The van der Waals surface area contributed by atoms with E-state index in [4.69, 9.17) is 0 Å². The fourth-order valence-corrected chi connectivity index (χ4v) is 1.34. The van der Waals surface area contributed by atoms with E-state index in [0.29, 0.717) is 5.69 Å². The van der Waals surface area contributed by atoms with Gasteiger partial charge in [-0.25, -0.2) is 0 Å². The summed E-state index contributed by atoms with van der Waals surface area (Å²) in [4.78, 5) is 21.9. The van der Waals surface area contributed by atoms with Crippen molar-refractivity contribution >= 4 is 17.3 Å². The Bertz CT molecular complexity index is 550. The van der Waals surface area contributed by atoms with Crippen LogP contribution in [0.2, 0.25) is 0 Å². The van der Waals surface area contributed by atoms with Gasteiger partial charge in [0.15, 0.2) is 0 Å². The number of aromatic amines is 1. The number of amides is 1. The van der Waals surface area contributed by atoms with Crippen LogP contribution >= 0.6 is 0 Å². The Labute approximate surface area is 95.6 Å². The number of anilines is 1. The third-order valence-corrected chi connectivity index (χ3v) is 2.10. The fourth-order valence-electron chi connectivity index (χ4n) is 1.34. The Balaban J connectivity index is 2.28. The van der Waals surface area contributed by atoms with E-state index < -0.39 is 10.8 Å². The van der Waals surface area contributed by atoms with Crippen LogP contribution in [0.1, 0.15) is 10.4 Å². The maximum atomic E-state index is 11.8. The largest absolute Gasteiger partial charge is 0.319 e. The summed E-state index contributed by atoms with van der Waals surface area (Å²) in [6.07, 6.45) is 2.89. The summed E-state index contributed by atoms with van der Waals surface area (Å²) in [6.45, 7) is 0. The minimum absolute atomic E-state index is 0.0127. The molecule has 0 atom stereocenters. The molecule has 17 heavy (non-hydrogen) atoms. The first-order valence-electron chi connectivity index (χ1n) is 4.72. The van der Waals surface area contributed by atoms with Crippen LogP contribution in [0.4, 0.5) is 11.4 Å². The number of nitro benzene ring substituents is 1. The molecule has 0 saturated heterocycles. The number of aromatic nitrogens is 2. The van der Waals surface area contributed by atoms with Crippen molar-refractivity contribution in [2.45, 2.75) is 0 Å². The molecule has 0 unspecified atom stereocenters. The Morgan fingerprint density at radius 3 is 2.82 bits per heavy atom.